The highest BCUT2D eigenvalue weighted by Gasteiger charge is 2.19. The zero-order chi connectivity index (χ0) is 19.7. The summed E-state index contributed by atoms with van der Waals surface area (Å²) in [6.45, 7) is 0. The first-order valence-corrected chi connectivity index (χ1v) is 8.41. The summed E-state index contributed by atoms with van der Waals surface area (Å²) in [5.41, 5.74) is 0.209. The topological polar surface area (TPSA) is 84.2 Å². The number of para-hydroxylation sites is 2. The molecule has 2 aromatic carbocycles. The van der Waals surface area contributed by atoms with E-state index in [1.165, 1.54) is 6.07 Å². The van der Waals surface area contributed by atoms with Crippen molar-refractivity contribution in [3.8, 4) is 5.69 Å². The molecule has 0 aliphatic carbocycles. The molecular formula is C21H14FN3O3. The van der Waals surface area contributed by atoms with Crippen LogP contribution in [0.15, 0.2) is 77.6 Å². The average molecular weight is 375 g/mol. The fourth-order valence-corrected chi connectivity index (χ4v) is 2.96. The number of hydrogen-bond donors (Lipinski definition) is 2. The SMILES string of the molecule is O=C(O)c1nc2c(cc1F)c(=O)cc(Nc1ccccc1)n2-c1ccccc1. The van der Waals surface area contributed by atoms with E-state index in [0.717, 1.165) is 11.8 Å². The lowest BCUT2D eigenvalue weighted by atomic mass is 10.2. The van der Waals surface area contributed by atoms with Gasteiger partial charge in [-0.05, 0) is 30.3 Å². The van der Waals surface area contributed by atoms with Gasteiger partial charge in [0, 0.05) is 17.4 Å². The zero-order valence-electron chi connectivity index (χ0n) is 14.5. The molecule has 0 aliphatic rings. The van der Waals surface area contributed by atoms with Crippen molar-refractivity contribution < 1.29 is 14.3 Å². The normalized spacial score (nSPS) is 10.8. The molecule has 28 heavy (non-hydrogen) atoms. The van der Waals surface area contributed by atoms with E-state index in [9.17, 15) is 19.1 Å². The Kier molecular flexibility index (Phi) is 4.33. The molecule has 138 valence electrons. The van der Waals surface area contributed by atoms with Crippen LogP contribution in [0.4, 0.5) is 15.9 Å². The maximum Gasteiger partial charge on any atom is 0.357 e. The van der Waals surface area contributed by atoms with E-state index in [-0.39, 0.29) is 11.0 Å². The molecule has 0 fully saturated rings. The van der Waals surface area contributed by atoms with Crippen molar-refractivity contribution in [3.05, 3.63) is 94.5 Å². The monoisotopic (exact) mass is 375 g/mol. The molecule has 0 radical (unpaired) electrons. The summed E-state index contributed by atoms with van der Waals surface area (Å²) < 4.78 is 15.7. The average Bonchev–Trinajstić information content (AvgIpc) is 2.69. The number of carboxylic acids is 1. The number of nitrogens with zero attached hydrogens (tertiary/aromatic N) is 2. The lowest BCUT2D eigenvalue weighted by Gasteiger charge is -2.18. The first kappa shape index (κ1) is 17.4. The minimum Gasteiger partial charge on any atom is -0.476 e. The number of anilines is 2. The van der Waals surface area contributed by atoms with Crippen LogP contribution in [0.3, 0.4) is 0 Å². The molecule has 4 rings (SSSR count). The molecule has 2 heterocycles. The van der Waals surface area contributed by atoms with Crippen molar-refractivity contribution >= 4 is 28.5 Å². The Bertz CT molecular complexity index is 1240. The number of fused-ring (bicyclic) bond motifs is 1. The van der Waals surface area contributed by atoms with Gasteiger partial charge in [0.05, 0.1) is 5.39 Å². The summed E-state index contributed by atoms with van der Waals surface area (Å²) in [6.07, 6.45) is 0. The molecule has 4 aromatic rings. The van der Waals surface area contributed by atoms with Crippen LogP contribution in [0.2, 0.25) is 0 Å². The van der Waals surface area contributed by atoms with Crippen LogP contribution in [0.1, 0.15) is 10.5 Å². The number of aromatic nitrogens is 2. The van der Waals surface area contributed by atoms with Crippen LogP contribution in [-0.2, 0) is 0 Å². The molecule has 0 saturated carbocycles. The number of nitrogens with one attached hydrogen (secondary N) is 1. The highest BCUT2D eigenvalue weighted by Crippen LogP contribution is 2.25. The van der Waals surface area contributed by atoms with E-state index in [4.69, 9.17) is 0 Å². The second-order valence-corrected chi connectivity index (χ2v) is 6.05. The highest BCUT2D eigenvalue weighted by molar-refractivity contribution is 5.90. The van der Waals surface area contributed by atoms with E-state index < -0.39 is 22.9 Å². The van der Waals surface area contributed by atoms with Crippen molar-refractivity contribution in [1.82, 2.24) is 9.55 Å². The Morgan fingerprint density at radius 1 is 1.00 bits per heavy atom. The smallest absolute Gasteiger partial charge is 0.357 e. The number of pyridine rings is 2. The lowest BCUT2D eigenvalue weighted by molar-refractivity contribution is 0.0685. The van der Waals surface area contributed by atoms with Crippen LogP contribution in [0.5, 0.6) is 0 Å². The number of aromatic carboxylic acids is 1. The van der Waals surface area contributed by atoms with Crippen molar-refractivity contribution in [1.29, 1.82) is 0 Å². The summed E-state index contributed by atoms with van der Waals surface area (Å²) in [7, 11) is 0. The minimum absolute atomic E-state index is 0.00929. The molecule has 2 N–H and O–H groups in total. The molecule has 0 saturated heterocycles. The van der Waals surface area contributed by atoms with Gasteiger partial charge in [0.1, 0.15) is 5.82 Å². The second-order valence-electron chi connectivity index (χ2n) is 6.05. The van der Waals surface area contributed by atoms with Crippen LogP contribution >= 0.6 is 0 Å². The first-order chi connectivity index (χ1) is 13.5. The number of hydrogen-bond acceptors (Lipinski definition) is 4. The molecule has 7 heteroatoms. The predicted molar refractivity (Wildman–Crippen MR) is 104 cm³/mol. The van der Waals surface area contributed by atoms with Gasteiger partial charge in [-0.1, -0.05) is 36.4 Å². The Morgan fingerprint density at radius 3 is 2.29 bits per heavy atom. The van der Waals surface area contributed by atoms with Crippen molar-refractivity contribution in [2.75, 3.05) is 5.32 Å². The molecule has 0 aliphatic heterocycles. The molecule has 0 spiro atoms. The third-order valence-electron chi connectivity index (χ3n) is 4.21. The van der Waals surface area contributed by atoms with Crippen LogP contribution in [0.25, 0.3) is 16.7 Å². The Labute approximate surface area is 158 Å². The fourth-order valence-electron chi connectivity index (χ4n) is 2.96. The van der Waals surface area contributed by atoms with Gasteiger partial charge in [-0.15, -0.1) is 0 Å². The second kappa shape index (κ2) is 6.96. The van der Waals surface area contributed by atoms with Gasteiger partial charge >= 0.3 is 5.97 Å². The van der Waals surface area contributed by atoms with Crippen molar-refractivity contribution in [2.45, 2.75) is 0 Å². The molecule has 0 bridgehead atoms. The fraction of sp³-hybridized carbons (Fsp3) is 0. The van der Waals surface area contributed by atoms with Crippen LogP contribution in [0, 0.1) is 5.82 Å². The predicted octanol–water partition coefficient (Wildman–Crippen LogP) is 3.97. The van der Waals surface area contributed by atoms with Gasteiger partial charge in [-0.25, -0.2) is 14.2 Å². The lowest BCUT2D eigenvalue weighted by Crippen LogP contribution is -2.16. The number of carbonyl (C=O) groups is 1. The van der Waals surface area contributed by atoms with Crippen LogP contribution in [-0.4, -0.2) is 20.6 Å². The molecule has 0 atom stereocenters. The highest BCUT2D eigenvalue weighted by atomic mass is 19.1. The molecule has 0 unspecified atom stereocenters. The van der Waals surface area contributed by atoms with E-state index in [2.05, 4.69) is 10.3 Å². The van der Waals surface area contributed by atoms with Crippen molar-refractivity contribution in [3.63, 3.8) is 0 Å². The van der Waals surface area contributed by atoms with E-state index in [1.54, 1.807) is 28.8 Å². The Hall–Kier alpha value is -4.00. The van der Waals surface area contributed by atoms with E-state index in [1.807, 2.05) is 36.4 Å². The third kappa shape index (κ3) is 3.09. The zero-order valence-corrected chi connectivity index (χ0v) is 14.5. The van der Waals surface area contributed by atoms with Gasteiger partial charge < -0.3 is 10.4 Å². The first-order valence-electron chi connectivity index (χ1n) is 8.41. The number of carboxylic acid groups (broad SMARTS) is 1. The quantitative estimate of drug-likeness (QED) is 0.564. The maximum atomic E-state index is 14.1. The summed E-state index contributed by atoms with van der Waals surface area (Å²) >= 11 is 0. The summed E-state index contributed by atoms with van der Waals surface area (Å²) in [5.74, 6) is -2.18. The van der Waals surface area contributed by atoms with Gasteiger partial charge in [-0.3, -0.25) is 9.36 Å². The van der Waals surface area contributed by atoms with E-state index in [0.29, 0.717) is 11.5 Å². The van der Waals surface area contributed by atoms with Crippen molar-refractivity contribution in [2.24, 2.45) is 0 Å². The number of benzene rings is 2. The van der Waals surface area contributed by atoms with E-state index >= 15 is 0 Å². The number of halogens is 1. The minimum atomic E-state index is -1.51. The Morgan fingerprint density at radius 2 is 1.64 bits per heavy atom. The molecule has 6 nitrogen and oxygen atoms in total. The van der Waals surface area contributed by atoms with Gasteiger partial charge in [-0.2, -0.15) is 0 Å². The molecule has 2 aromatic heterocycles. The Balaban J connectivity index is 2.07. The van der Waals surface area contributed by atoms with Crippen LogP contribution < -0.4 is 10.7 Å². The van der Waals surface area contributed by atoms with Gasteiger partial charge in [0.15, 0.2) is 22.6 Å². The third-order valence-corrected chi connectivity index (χ3v) is 4.21. The summed E-state index contributed by atoms with van der Waals surface area (Å²) in [4.78, 5) is 27.9. The summed E-state index contributed by atoms with van der Waals surface area (Å²) in [6, 6.07) is 20.4. The summed E-state index contributed by atoms with van der Waals surface area (Å²) in [5, 5.41) is 12.4. The number of rotatable bonds is 4. The molecule has 0 amide bonds. The van der Waals surface area contributed by atoms with Gasteiger partial charge in [0.25, 0.3) is 0 Å². The van der Waals surface area contributed by atoms with Gasteiger partial charge in [0.2, 0.25) is 0 Å². The molecular weight excluding hydrogens is 361 g/mol. The largest absolute Gasteiger partial charge is 0.476 e. The maximum absolute atomic E-state index is 14.1. The standard InChI is InChI=1S/C21H14FN3O3/c22-16-11-15-17(26)12-18(23-13-7-3-1-4-8-13)25(14-9-5-2-6-10-14)20(15)24-19(16)21(27)28/h1-12,23H,(H,27,28).